The summed E-state index contributed by atoms with van der Waals surface area (Å²) in [5, 5.41) is 8.41. The van der Waals surface area contributed by atoms with E-state index in [-0.39, 0.29) is 11.9 Å². The van der Waals surface area contributed by atoms with Crippen LogP contribution in [0.1, 0.15) is 12.8 Å². The fraction of sp³-hybridized carbons (Fsp3) is 0.300. The van der Waals surface area contributed by atoms with Crippen LogP contribution in [0.4, 0.5) is 5.95 Å². The molecule has 1 aliphatic heterocycles. The standard InChI is InChI=1S/C20H21N7O2/c1-26-11-13(3-4-16(26)28)23-20-24-18-17(19(25-20)29-2)15(10-21-18)12-6-8-27-14(9-12)5-7-22-27/h5-10,13H,3-4,11H2,1-2H3,(H2,21,23,24,25)/t13-/m1/s1. The van der Waals surface area contributed by atoms with Crippen LogP contribution in [0.3, 0.4) is 0 Å². The van der Waals surface area contributed by atoms with Crippen LogP contribution < -0.4 is 10.1 Å². The molecular weight excluding hydrogens is 370 g/mol. The summed E-state index contributed by atoms with van der Waals surface area (Å²) in [6.07, 6.45) is 6.90. The fourth-order valence-electron chi connectivity index (χ4n) is 3.84. The van der Waals surface area contributed by atoms with Crippen LogP contribution >= 0.6 is 0 Å². The van der Waals surface area contributed by atoms with Crippen molar-refractivity contribution in [2.45, 2.75) is 18.9 Å². The number of piperidine rings is 1. The molecule has 29 heavy (non-hydrogen) atoms. The van der Waals surface area contributed by atoms with Crippen molar-refractivity contribution in [1.29, 1.82) is 0 Å². The minimum atomic E-state index is 0.110. The summed E-state index contributed by atoms with van der Waals surface area (Å²) < 4.78 is 7.41. The number of carbonyl (C=O) groups is 1. The Hall–Kier alpha value is -3.62. The summed E-state index contributed by atoms with van der Waals surface area (Å²) in [4.78, 5) is 25.9. The molecule has 5 heterocycles. The highest BCUT2D eigenvalue weighted by molar-refractivity contribution is 5.98. The van der Waals surface area contributed by atoms with Crippen LogP contribution in [0.25, 0.3) is 27.7 Å². The molecule has 2 N–H and O–H groups in total. The van der Waals surface area contributed by atoms with Crippen LogP contribution in [0.5, 0.6) is 5.88 Å². The lowest BCUT2D eigenvalue weighted by molar-refractivity contribution is -0.132. The van der Waals surface area contributed by atoms with Gasteiger partial charge in [-0.1, -0.05) is 0 Å². The molecule has 9 heteroatoms. The SMILES string of the molecule is COc1nc(N[C@@H]2CCC(=O)N(C)C2)nc2[nH]cc(-c3ccn4nccc4c3)c12. The Kier molecular flexibility index (Phi) is 4.08. The third kappa shape index (κ3) is 3.04. The summed E-state index contributed by atoms with van der Waals surface area (Å²) >= 11 is 0. The minimum Gasteiger partial charge on any atom is -0.480 e. The topological polar surface area (TPSA) is 100 Å². The second-order valence-corrected chi connectivity index (χ2v) is 7.25. The number of fused-ring (bicyclic) bond motifs is 2. The first-order valence-corrected chi connectivity index (χ1v) is 9.50. The van der Waals surface area contributed by atoms with Gasteiger partial charge in [0, 0.05) is 50.2 Å². The van der Waals surface area contributed by atoms with Crippen molar-refractivity contribution < 1.29 is 9.53 Å². The van der Waals surface area contributed by atoms with Gasteiger partial charge in [0.25, 0.3) is 0 Å². The molecule has 1 fully saturated rings. The molecule has 0 saturated carbocycles. The van der Waals surface area contributed by atoms with Crippen molar-refractivity contribution >= 4 is 28.4 Å². The maximum atomic E-state index is 11.7. The lowest BCUT2D eigenvalue weighted by Gasteiger charge is -2.30. The van der Waals surface area contributed by atoms with E-state index in [4.69, 9.17) is 4.74 Å². The molecule has 1 saturated heterocycles. The Morgan fingerprint density at radius 1 is 1.31 bits per heavy atom. The van der Waals surface area contributed by atoms with E-state index in [0.29, 0.717) is 30.4 Å². The third-order valence-electron chi connectivity index (χ3n) is 5.36. The number of carbonyl (C=O) groups excluding carboxylic acids is 1. The first kappa shape index (κ1) is 17.5. The summed E-state index contributed by atoms with van der Waals surface area (Å²) in [6, 6.07) is 6.14. The van der Waals surface area contributed by atoms with Gasteiger partial charge in [0.2, 0.25) is 17.7 Å². The van der Waals surface area contributed by atoms with E-state index in [1.807, 2.05) is 36.1 Å². The molecule has 0 aromatic carbocycles. The fourth-order valence-corrected chi connectivity index (χ4v) is 3.84. The minimum absolute atomic E-state index is 0.110. The van der Waals surface area contributed by atoms with Gasteiger partial charge in [-0.3, -0.25) is 4.79 Å². The molecule has 1 atom stereocenters. The maximum absolute atomic E-state index is 11.7. The van der Waals surface area contributed by atoms with Crippen LogP contribution in [-0.4, -0.2) is 62.1 Å². The molecule has 0 unspecified atom stereocenters. The van der Waals surface area contributed by atoms with E-state index >= 15 is 0 Å². The molecule has 1 aliphatic rings. The van der Waals surface area contributed by atoms with Gasteiger partial charge in [-0.15, -0.1) is 0 Å². The summed E-state index contributed by atoms with van der Waals surface area (Å²) in [7, 11) is 3.42. The second kappa shape index (κ2) is 6.77. The number of anilines is 1. The average molecular weight is 391 g/mol. The molecule has 148 valence electrons. The molecule has 0 radical (unpaired) electrons. The quantitative estimate of drug-likeness (QED) is 0.554. The summed E-state index contributed by atoms with van der Waals surface area (Å²) in [6.45, 7) is 0.629. The van der Waals surface area contributed by atoms with Crippen molar-refractivity contribution in [2.75, 3.05) is 26.0 Å². The van der Waals surface area contributed by atoms with E-state index in [9.17, 15) is 4.79 Å². The van der Waals surface area contributed by atoms with Crippen molar-refractivity contribution in [3.8, 4) is 17.0 Å². The number of ether oxygens (including phenoxy) is 1. The Bertz CT molecular complexity index is 1210. The number of rotatable bonds is 4. The molecule has 0 aliphatic carbocycles. The molecule has 9 nitrogen and oxygen atoms in total. The molecule has 4 aromatic heterocycles. The van der Waals surface area contributed by atoms with Crippen LogP contribution in [0.15, 0.2) is 36.8 Å². The number of aromatic nitrogens is 5. The van der Waals surface area contributed by atoms with Crippen molar-refractivity contribution in [3.05, 3.63) is 36.8 Å². The first-order valence-electron chi connectivity index (χ1n) is 9.50. The third-order valence-corrected chi connectivity index (χ3v) is 5.36. The molecule has 0 bridgehead atoms. The Morgan fingerprint density at radius 3 is 3.03 bits per heavy atom. The number of pyridine rings is 1. The number of hydrogen-bond donors (Lipinski definition) is 2. The Morgan fingerprint density at radius 2 is 2.21 bits per heavy atom. The average Bonchev–Trinajstić information content (AvgIpc) is 3.36. The number of likely N-dealkylation sites (N-methyl/N-ethyl adjacent to an activating group) is 1. The van der Waals surface area contributed by atoms with Crippen molar-refractivity contribution in [3.63, 3.8) is 0 Å². The van der Waals surface area contributed by atoms with Gasteiger partial charge in [0.1, 0.15) is 5.65 Å². The van der Waals surface area contributed by atoms with Crippen molar-refractivity contribution in [2.24, 2.45) is 0 Å². The van der Waals surface area contributed by atoms with Gasteiger partial charge in [0.15, 0.2) is 0 Å². The van der Waals surface area contributed by atoms with Crippen LogP contribution in [0.2, 0.25) is 0 Å². The number of hydrogen-bond acceptors (Lipinski definition) is 6. The molecule has 0 spiro atoms. The lowest BCUT2D eigenvalue weighted by Crippen LogP contribution is -2.43. The Labute approximate surface area is 166 Å². The highest BCUT2D eigenvalue weighted by Gasteiger charge is 2.24. The van der Waals surface area contributed by atoms with E-state index in [1.165, 1.54) is 0 Å². The summed E-state index contributed by atoms with van der Waals surface area (Å²) in [5.41, 5.74) is 3.70. The van der Waals surface area contributed by atoms with Gasteiger partial charge in [-0.2, -0.15) is 15.1 Å². The lowest BCUT2D eigenvalue weighted by atomic mass is 10.1. The number of H-pyrrole nitrogens is 1. The summed E-state index contributed by atoms with van der Waals surface area (Å²) in [5.74, 6) is 1.16. The van der Waals surface area contributed by atoms with Gasteiger partial charge in [0.05, 0.1) is 18.0 Å². The predicted octanol–water partition coefficient (Wildman–Crippen LogP) is 2.31. The highest BCUT2D eigenvalue weighted by Crippen LogP contribution is 2.34. The number of methoxy groups -OCH3 is 1. The molecule has 4 aromatic rings. The van der Waals surface area contributed by atoms with Gasteiger partial charge >= 0.3 is 0 Å². The largest absolute Gasteiger partial charge is 0.480 e. The van der Waals surface area contributed by atoms with Crippen LogP contribution in [-0.2, 0) is 4.79 Å². The predicted molar refractivity (Wildman–Crippen MR) is 109 cm³/mol. The maximum Gasteiger partial charge on any atom is 0.228 e. The number of likely N-dealkylation sites (tertiary alicyclic amines) is 1. The van der Waals surface area contributed by atoms with E-state index in [1.54, 1.807) is 18.2 Å². The van der Waals surface area contributed by atoms with Gasteiger partial charge < -0.3 is 19.9 Å². The van der Waals surface area contributed by atoms with Crippen molar-refractivity contribution in [1.82, 2.24) is 29.5 Å². The molecular formula is C20H21N7O2. The second-order valence-electron chi connectivity index (χ2n) is 7.25. The zero-order valence-corrected chi connectivity index (χ0v) is 16.2. The van der Waals surface area contributed by atoms with Crippen LogP contribution in [0, 0.1) is 0 Å². The number of amides is 1. The van der Waals surface area contributed by atoms with E-state index in [0.717, 1.165) is 28.5 Å². The normalized spacial score (nSPS) is 17.2. The van der Waals surface area contributed by atoms with Gasteiger partial charge in [-0.25, -0.2) is 4.52 Å². The number of nitrogens with one attached hydrogen (secondary N) is 2. The smallest absolute Gasteiger partial charge is 0.228 e. The molecule has 1 amide bonds. The van der Waals surface area contributed by atoms with Gasteiger partial charge in [-0.05, 0) is 30.2 Å². The number of nitrogens with zero attached hydrogens (tertiary/aromatic N) is 5. The zero-order valence-electron chi connectivity index (χ0n) is 16.2. The monoisotopic (exact) mass is 391 g/mol. The van der Waals surface area contributed by atoms with E-state index < -0.39 is 0 Å². The Balaban J connectivity index is 1.51. The highest BCUT2D eigenvalue weighted by atomic mass is 16.5. The zero-order chi connectivity index (χ0) is 20.0. The number of aromatic amines is 1. The van der Waals surface area contributed by atoms with E-state index in [2.05, 4.69) is 31.4 Å². The first-order chi connectivity index (χ1) is 14.1. The molecule has 5 rings (SSSR count).